The van der Waals surface area contributed by atoms with Gasteiger partial charge in [0.15, 0.2) is 4.67 Å². The largest absolute Gasteiger partial charge is 0.469 e. The lowest BCUT2D eigenvalue weighted by Gasteiger charge is -2.24. The van der Waals surface area contributed by atoms with Gasteiger partial charge in [0.2, 0.25) is 0 Å². The van der Waals surface area contributed by atoms with E-state index in [4.69, 9.17) is 14.6 Å². The number of likely N-dealkylation sites (N-methyl/N-ethyl adjacent to an activating group) is 1. The van der Waals surface area contributed by atoms with Crippen LogP contribution in [0.1, 0.15) is 23.1 Å². The van der Waals surface area contributed by atoms with Gasteiger partial charge in [0, 0.05) is 18.7 Å². The topological polar surface area (TPSA) is 55.5 Å². The fraction of sp³-hybridized carbons (Fsp3) is 0.385. The highest BCUT2D eigenvalue weighted by atomic mass is 79.9. The molecular weight excluding hydrogens is 376 g/mol. The van der Waals surface area contributed by atoms with Crippen LogP contribution in [0, 0.1) is 6.92 Å². The molecule has 2 aromatic heterocycles. The Kier molecular flexibility index (Phi) is 4.89. The van der Waals surface area contributed by atoms with Crippen molar-refractivity contribution in [3.63, 3.8) is 0 Å². The number of hydrogen-bond donors (Lipinski definition) is 1. The van der Waals surface area contributed by atoms with E-state index < -0.39 is 0 Å². The number of nitrogens with two attached hydrogens (primary N) is 1. The summed E-state index contributed by atoms with van der Waals surface area (Å²) in [5.41, 5.74) is 7.03. The lowest BCUT2D eigenvalue weighted by atomic mass is 10.1. The SMILES string of the molecule is Cc1occc1CN(C)C(CN)c1cc(Br)c(Br)o1. The highest BCUT2D eigenvalue weighted by Crippen LogP contribution is 2.32. The molecule has 0 radical (unpaired) electrons. The van der Waals surface area contributed by atoms with E-state index in [2.05, 4.69) is 36.8 Å². The Morgan fingerprint density at radius 3 is 2.63 bits per heavy atom. The summed E-state index contributed by atoms with van der Waals surface area (Å²) in [6.07, 6.45) is 1.70. The summed E-state index contributed by atoms with van der Waals surface area (Å²) in [5.74, 6) is 1.77. The van der Waals surface area contributed by atoms with Crippen molar-refractivity contribution >= 4 is 31.9 Å². The predicted molar refractivity (Wildman–Crippen MR) is 80.8 cm³/mol. The fourth-order valence-corrected chi connectivity index (χ4v) is 2.60. The molecule has 1 unspecified atom stereocenters. The number of hydrogen-bond acceptors (Lipinski definition) is 4. The second kappa shape index (κ2) is 6.26. The molecule has 2 aromatic rings. The van der Waals surface area contributed by atoms with Gasteiger partial charge in [-0.15, -0.1) is 0 Å². The summed E-state index contributed by atoms with van der Waals surface area (Å²) in [6, 6.07) is 3.95. The van der Waals surface area contributed by atoms with E-state index in [1.807, 2.05) is 26.1 Å². The molecule has 4 nitrogen and oxygen atoms in total. The van der Waals surface area contributed by atoms with Crippen molar-refractivity contribution in [1.29, 1.82) is 0 Å². The number of halogens is 2. The molecule has 2 N–H and O–H groups in total. The molecule has 0 spiro atoms. The van der Waals surface area contributed by atoms with Gasteiger partial charge in [-0.3, -0.25) is 4.90 Å². The van der Waals surface area contributed by atoms with Crippen LogP contribution in [0.2, 0.25) is 0 Å². The van der Waals surface area contributed by atoms with Crippen molar-refractivity contribution < 1.29 is 8.83 Å². The molecule has 6 heteroatoms. The summed E-state index contributed by atoms with van der Waals surface area (Å²) < 4.78 is 12.6. The minimum absolute atomic E-state index is 0.0249. The van der Waals surface area contributed by atoms with Crippen molar-refractivity contribution in [3.8, 4) is 0 Å². The van der Waals surface area contributed by atoms with Gasteiger partial charge in [-0.05, 0) is 58.0 Å². The minimum atomic E-state index is 0.0249. The van der Waals surface area contributed by atoms with Crippen molar-refractivity contribution in [2.75, 3.05) is 13.6 Å². The van der Waals surface area contributed by atoms with Crippen molar-refractivity contribution in [2.24, 2.45) is 5.73 Å². The summed E-state index contributed by atoms with van der Waals surface area (Å²) in [5, 5.41) is 0. The molecule has 0 fully saturated rings. The number of rotatable bonds is 5. The quantitative estimate of drug-likeness (QED) is 0.841. The molecule has 0 aliphatic carbocycles. The molecule has 104 valence electrons. The Morgan fingerprint density at radius 2 is 2.16 bits per heavy atom. The van der Waals surface area contributed by atoms with E-state index in [-0.39, 0.29) is 6.04 Å². The fourth-order valence-electron chi connectivity index (χ4n) is 2.00. The second-order valence-corrected chi connectivity index (χ2v) is 6.01. The number of nitrogens with zero attached hydrogens (tertiary/aromatic N) is 1. The van der Waals surface area contributed by atoms with Crippen LogP contribution in [0.4, 0.5) is 0 Å². The normalized spacial score (nSPS) is 13.2. The molecule has 0 amide bonds. The zero-order valence-electron chi connectivity index (χ0n) is 10.8. The van der Waals surface area contributed by atoms with Crippen molar-refractivity contribution in [2.45, 2.75) is 19.5 Å². The van der Waals surface area contributed by atoms with Crippen molar-refractivity contribution in [3.05, 3.63) is 44.6 Å². The summed E-state index contributed by atoms with van der Waals surface area (Å²) in [6.45, 7) is 3.21. The van der Waals surface area contributed by atoms with Crippen LogP contribution in [-0.4, -0.2) is 18.5 Å². The Morgan fingerprint density at radius 1 is 1.42 bits per heavy atom. The average molecular weight is 392 g/mol. The van der Waals surface area contributed by atoms with Crippen LogP contribution < -0.4 is 5.73 Å². The van der Waals surface area contributed by atoms with Crippen molar-refractivity contribution in [1.82, 2.24) is 4.90 Å². The Hall–Kier alpha value is -0.560. The third kappa shape index (κ3) is 3.31. The third-order valence-electron chi connectivity index (χ3n) is 3.13. The molecule has 2 rings (SSSR count). The van der Waals surface area contributed by atoms with E-state index in [1.54, 1.807) is 6.26 Å². The molecule has 0 saturated carbocycles. The monoisotopic (exact) mass is 390 g/mol. The van der Waals surface area contributed by atoms with Gasteiger partial charge >= 0.3 is 0 Å². The molecule has 19 heavy (non-hydrogen) atoms. The summed E-state index contributed by atoms with van der Waals surface area (Å²) >= 11 is 6.77. The molecule has 1 atom stereocenters. The van der Waals surface area contributed by atoms with Gasteiger partial charge in [-0.25, -0.2) is 0 Å². The van der Waals surface area contributed by atoms with Crippen LogP contribution in [0.15, 0.2) is 36.4 Å². The minimum Gasteiger partial charge on any atom is -0.469 e. The molecule has 0 aliphatic heterocycles. The van der Waals surface area contributed by atoms with E-state index in [0.29, 0.717) is 11.2 Å². The first-order chi connectivity index (χ1) is 9.02. The zero-order valence-corrected chi connectivity index (χ0v) is 14.0. The summed E-state index contributed by atoms with van der Waals surface area (Å²) in [4.78, 5) is 2.15. The smallest absolute Gasteiger partial charge is 0.183 e. The third-order valence-corrected chi connectivity index (χ3v) is 4.84. The Bertz CT molecular complexity index is 531. The van der Waals surface area contributed by atoms with Gasteiger partial charge in [0.25, 0.3) is 0 Å². The molecule has 2 heterocycles. The molecular formula is C13H16Br2N2O2. The van der Waals surface area contributed by atoms with E-state index in [1.165, 1.54) is 0 Å². The first kappa shape index (κ1) is 14.8. The van der Waals surface area contributed by atoms with Gasteiger partial charge < -0.3 is 14.6 Å². The van der Waals surface area contributed by atoms with Crippen LogP contribution in [0.5, 0.6) is 0 Å². The van der Waals surface area contributed by atoms with Gasteiger partial charge in [-0.2, -0.15) is 0 Å². The maximum atomic E-state index is 5.88. The summed E-state index contributed by atoms with van der Waals surface area (Å²) in [7, 11) is 2.02. The molecule has 0 bridgehead atoms. The van der Waals surface area contributed by atoms with Gasteiger partial charge in [-0.1, -0.05) is 0 Å². The standard InChI is InChI=1S/C13H16Br2N2O2/c1-8-9(3-4-18-8)7-17(2)11(6-16)12-5-10(14)13(15)19-12/h3-5,11H,6-7,16H2,1-2H3. The zero-order chi connectivity index (χ0) is 14.0. The van der Waals surface area contributed by atoms with Crippen LogP contribution >= 0.6 is 31.9 Å². The average Bonchev–Trinajstić information content (AvgIpc) is 2.89. The molecule has 0 aromatic carbocycles. The van der Waals surface area contributed by atoms with Gasteiger partial charge in [0.1, 0.15) is 11.5 Å². The Balaban J connectivity index is 2.15. The van der Waals surface area contributed by atoms with Crippen LogP contribution in [0.3, 0.4) is 0 Å². The number of furan rings is 2. The number of aryl methyl sites for hydroxylation is 1. The lowest BCUT2D eigenvalue weighted by molar-refractivity contribution is 0.210. The van der Waals surface area contributed by atoms with E-state index in [0.717, 1.165) is 28.1 Å². The molecule has 0 aliphatic rings. The highest BCUT2D eigenvalue weighted by Gasteiger charge is 2.21. The highest BCUT2D eigenvalue weighted by molar-refractivity contribution is 9.13. The second-order valence-electron chi connectivity index (χ2n) is 4.44. The van der Waals surface area contributed by atoms with E-state index >= 15 is 0 Å². The maximum Gasteiger partial charge on any atom is 0.183 e. The lowest BCUT2D eigenvalue weighted by Crippen LogP contribution is -2.29. The molecule has 0 saturated heterocycles. The maximum absolute atomic E-state index is 5.88. The van der Waals surface area contributed by atoms with Crippen LogP contribution in [-0.2, 0) is 6.54 Å². The predicted octanol–water partition coefficient (Wildman–Crippen LogP) is 3.84. The van der Waals surface area contributed by atoms with E-state index in [9.17, 15) is 0 Å². The van der Waals surface area contributed by atoms with Crippen LogP contribution in [0.25, 0.3) is 0 Å². The van der Waals surface area contributed by atoms with Gasteiger partial charge in [0.05, 0.1) is 16.8 Å². The first-order valence-electron chi connectivity index (χ1n) is 5.91. The first-order valence-corrected chi connectivity index (χ1v) is 7.49. The Labute approximate surface area is 129 Å².